The molecule has 1 amide bonds. The fourth-order valence-electron chi connectivity index (χ4n) is 2.13. The van der Waals surface area contributed by atoms with Crippen LogP contribution >= 0.6 is 0 Å². The zero-order valence-electron chi connectivity index (χ0n) is 11.4. The summed E-state index contributed by atoms with van der Waals surface area (Å²) in [6.07, 6.45) is 3.80. The molecule has 0 radical (unpaired) electrons. The molecule has 0 aliphatic carbocycles. The number of aryl methyl sites for hydroxylation is 1. The summed E-state index contributed by atoms with van der Waals surface area (Å²) in [5, 5.41) is 2.89. The van der Waals surface area contributed by atoms with Gasteiger partial charge in [0.05, 0.1) is 13.2 Å². The molecular formula is C14H22N2O3. The zero-order valence-corrected chi connectivity index (χ0v) is 11.4. The van der Waals surface area contributed by atoms with Gasteiger partial charge in [0.2, 0.25) is 0 Å². The van der Waals surface area contributed by atoms with Crippen molar-refractivity contribution < 1.29 is 14.3 Å². The normalized spacial score (nSPS) is 18.7. The molecule has 0 aromatic carbocycles. The third-order valence-corrected chi connectivity index (χ3v) is 3.30. The minimum atomic E-state index is -0.0308. The molecule has 0 unspecified atom stereocenters. The van der Waals surface area contributed by atoms with Gasteiger partial charge in [0.15, 0.2) is 0 Å². The van der Waals surface area contributed by atoms with E-state index in [4.69, 9.17) is 9.47 Å². The van der Waals surface area contributed by atoms with E-state index >= 15 is 0 Å². The van der Waals surface area contributed by atoms with Crippen molar-refractivity contribution in [1.29, 1.82) is 0 Å². The first-order valence-corrected chi connectivity index (χ1v) is 6.82. The molecule has 1 aromatic rings. The van der Waals surface area contributed by atoms with Crippen molar-refractivity contribution >= 4 is 5.91 Å². The van der Waals surface area contributed by atoms with E-state index in [1.165, 1.54) is 0 Å². The maximum atomic E-state index is 11.8. The number of hydrogen-bond acceptors (Lipinski definition) is 3. The summed E-state index contributed by atoms with van der Waals surface area (Å²) in [4.78, 5) is 11.8. The van der Waals surface area contributed by atoms with Crippen LogP contribution in [0.25, 0.3) is 0 Å². The van der Waals surface area contributed by atoms with Crippen LogP contribution in [0.2, 0.25) is 0 Å². The van der Waals surface area contributed by atoms with E-state index < -0.39 is 0 Å². The molecule has 1 saturated heterocycles. The Morgan fingerprint density at radius 2 is 2.53 bits per heavy atom. The molecule has 1 fully saturated rings. The third kappa shape index (κ3) is 4.36. The molecule has 106 valence electrons. The highest BCUT2D eigenvalue weighted by Crippen LogP contribution is 2.12. The van der Waals surface area contributed by atoms with Crippen molar-refractivity contribution in [3.05, 3.63) is 24.0 Å². The Labute approximate surface area is 113 Å². The number of nitrogens with zero attached hydrogens (tertiary/aromatic N) is 1. The highest BCUT2D eigenvalue weighted by Gasteiger charge is 2.15. The van der Waals surface area contributed by atoms with Gasteiger partial charge in [-0.05, 0) is 25.0 Å². The quantitative estimate of drug-likeness (QED) is 0.754. The second-order valence-electron chi connectivity index (χ2n) is 4.92. The predicted molar refractivity (Wildman–Crippen MR) is 72.1 cm³/mol. The summed E-state index contributed by atoms with van der Waals surface area (Å²) in [6, 6.07) is 3.67. The Balaban J connectivity index is 1.52. The lowest BCUT2D eigenvalue weighted by Crippen LogP contribution is -2.27. The van der Waals surface area contributed by atoms with Gasteiger partial charge in [-0.2, -0.15) is 0 Å². The van der Waals surface area contributed by atoms with Crippen LogP contribution in [-0.4, -0.2) is 43.4 Å². The fourth-order valence-corrected chi connectivity index (χ4v) is 2.13. The first-order valence-electron chi connectivity index (χ1n) is 6.82. The van der Waals surface area contributed by atoms with Crippen molar-refractivity contribution in [2.45, 2.75) is 12.8 Å². The summed E-state index contributed by atoms with van der Waals surface area (Å²) in [7, 11) is 1.86. The van der Waals surface area contributed by atoms with E-state index in [-0.39, 0.29) is 5.91 Å². The lowest BCUT2D eigenvalue weighted by atomic mass is 10.1. The van der Waals surface area contributed by atoms with Gasteiger partial charge in [-0.15, -0.1) is 0 Å². The number of rotatable bonds is 7. The number of carbonyl (C=O) groups excluding carboxylic acids is 1. The van der Waals surface area contributed by atoms with Gasteiger partial charge in [0, 0.05) is 38.9 Å². The highest BCUT2D eigenvalue weighted by atomic mass is 16.5. The number of nitrogens with one attached hydrogen (secondary N) is 1. The molecule has 1 aromatic heterocycles. The van der Waals surface area contributed by atoms with Crippen molar-refractivity contribution in [2.24, 2.45) is 13.0 Å². The second-order valence-corrected chi connectivity index (χ2v) is 4.92. The van der Waals surface area contributed by atoms with E-state index in [1.807, 2.05) is 29.9 Å². The van der Waals surface area contributed by atoms with Crippen LogP contribution in [0.5, 0.6) is 0 Å². The zero-order chi connectivity index (χ0) is 13.5. The van der Waals surface area contributed by atoms with Crippen molar-refractivity contribution in [2.75, 3.05) is 33.0 Å². The van der Waals surface area contributed by atoms with E-state index in [1.54, 1.807) is 0 Å². The Kier molecular flexibility index (Phi) is 5.42. The molecule has 0 saturated carbocycles. The first-order chi connectivity index (χ1) is 9.27. The van der Waals surface area contributed by atoms with Crippen LogP contribution in [-0.2, 0) is 16.5 Å². The van der Waals surface area contributed by atoms with Gasteiger partial charge in [-0.25, -0.2) is 0 Å². The SMILES string of the molecule is Cn1cccc1C(=O)NCCCOC[C@@H]1CCOC1. The van der Waals surface area contributed by atoms with Crippen LogP contribution in [0.3, 0.4) is 0 Å². The third-order valence-electron chi connectivity index (χ3n) is 3.30. The summed E-state index contributed by atoms with van der Waals surface area (Å²) >= 11 is 0. The molecule has 1 N–H and O–H groups in total. The number of aromatic nitrogens is 1. The minimum Gasteiger partial charge on any atom is -0.381 e. The van der Waals surface area contributed by atoms with E-state index in [2.05, 4.69) is 5.32 Å². The summed E-state index contributed by atoms with van der Waals surface area (Å²) in [5.74, 6) is 0.523. The molecule has 1 aliphatic heterocycles. The van der Waals surface area contributed by atoms with Crippen LogP contribution in [0, 0.1) is 5.92 Å². The molecule has 2 rings (SSSR count). The minimum absolute atomic E-state index is 0.0308. The van der Waals surface area contributed by atoms with E-state index in [0.29, 0.717) is 24.8 Å². The molecule has 0 spiro atoms. The van der Waals surface area contributed by atoms with Crippen LogP contribution in [0.4, 0.5) is 0 Å². The molecule has 1 atom stereocenters. The largest absolute Gasteiger partial charge is 0.381 e. The molecule has 2 heterocycles. The molecule has 5 nitrogen and oxygen atoms in total. The van der Waals surface area contributed by atoms with Gasteiger partial charge in [-0.3, -0.25) is 4.79 Å². The van der Waals surface area contributed by atoms with Gasteiger partial charge >= 0.3 is 0 Å². The summed E-state index contributed by atoms with van der Waals surface area (Å²) in [6.45, 7) is 3.78. The lowest BCUT2D eigenvalue weighted by Gasteiger charge is -2.09. The Bertz CT molecular complexity index is 397. The number of ether oxygens (including phenoxy) is 2. The summed E-state index contributed by atoms with van der Waals surface area (Å²) in [5.41, 5.74) is 0.684. The molecule has 19 heavy (non-hydrogen) atoms. The second kappa shape index (κ2) is 7.31. The van der Waals surface area contributed by atoms with Gasteiger partial charge in [0.25, 0.3) is 5.91 Å². The first kappa shape index (κ1) is 14.1. The average Bonchev–Trinajstić information content (AvgIpc) is 3.04. The summed E-state index contributed by atoms with van der Waals surface area (Å²) < 4.78 is 12.7. The maximum absolute atomic E-state index is 11.8. The average molecular weight is 266 g/mol. The molecule has 0 bridgehead atoms. The van der Waals surface area contributed by atoms with Crippen molar-refractivity contribution in [3.63, 3.8) is 0 Å². The highest BCUT2D eigenvalue weighted by molar-refractivity contribution is 5.92. The molecular weight excluding hydrogens is 244 g/mol. The van der Waals surface area contributed by atoms with Crippen molar-refractivity contribution in [3.8, 4) is 0 Å². The smallest absolute Gasteiger partial charge is 0.267 e. The number of carbonyl (C=O) groups is 1. The van der Waals surface area contributed by atoms with Gasteiger partial charge in [0.1, 0.15) is 5.69 Å². The molecule has 1 aliphatic rings. The topological polar surface area (TPSA) is 52.5 Å². The van der Waals surface area contributed by atoms with Crippen LogP contribution in [0.1, 0.15) is 23.3 Å². The van der Waals surface area contributed by atoms with E-state index in [9.17, 15) is 4.79 Å². The monoisotopic (exact) mass is 266 g/mol. The Morgan fingerprint density at radius 3 is 3.21 bits per heavy atom. The van der Waals surface area contributed by atoms with Crippen LogP contribution < -0.4 is 5.32 Å². The van der Waals surface area contributed by atoms with E-state index in [0.717, 1.165) is 32.7 Å². The van der Waals surface area contributed by atoms with Gasteiger partial charge in [-0.1, -0.05) is 0 Å². The number of hydrogen-bond donors (Lipinski definition) is 1. The Hall–Kier alpha value is -1.33. The molecule has 5 heteroatoms. The Morgan fingerprint density at radius 1 is 1.63 bits per heavy atom. The fraction of sp³-hybridized carbons (Fsp3) is 0.643. The maximum Gasteiger partial charge on any atom is 0.267 e. The predicted octanol–water partition coefficient (Wildman–Crippen LogP) is 1.20. The van der Waals surface area contributed by atoms with Gasteiger partial charge < -0.3 is 19.4 Å². The number of amides is 1. The van der Waals surface area contributed by atoms with Crippen molar-refractivity contribution in [1.82, 2.24) is 9.88 Å². The lowest BCUT2D eigenvalue weighted by molar-refractivity contribution is 0.0851. The standard InChI is InChI=1S/C14H22N2O3/c1-16-7-2-4-13(16)14(17)15-6-3-8-18-10-12-5-9-19-11-12/h2,4,7,12H,3,5-6,8-11H2,1H3,(H,15,17)/t12-/m0/s1. The van der Waals surface area contributed by atoms with Crippen LogP contribution in [0.15, 0.2) is 18.3 Å².